The van der Waals surface area contributed by atoms with Crippen molar-refractivity contribution in [1.82, 2.24) is 19.4 Å². The molecular formula is C19H17N5O5. The van der Waals surface area contributed by atoms with Crippen LogP contribution in [0.4, 0.5) is 5.82 Å². The van der Waals surface area contributed by atoms with Crippen molar-refractivity contribution in [1.29, 1.82) is 0 Å². The van der Waals surface area contributed by atoms with Crippen molar-refractivity contribution in [3.8, 4) is 11.3 Å². The number of pyridine rings is 1. The highest BCUT2D eigenvalue weighted by Crippen LogP contribution is 2.32. The number of anilines is 1. The fraction of sp³-hybridized carbons (Fsp3) is 0.158. The molecule has 1 amide bonds. The van der Waals surface area contributed by atoms with E-state index in [1.165, 1.54) is 31.2 Å². The Hall–Kier alpha value is -4.08. The van der Waals surface area contributed by atoms with Crippen LogP contribution in [0.2, 0.25) is 0 Å². The van der Waals surface area contributed by atoms with Crippen LogP contribution in [0.3, 0.4) is 0 Å². The molecule has 0 fully saturated rings. The quantitative estimate of drug-likeness (QED) is 0.525. The molecule has 0 unspecified atom stereocenters. The molecule has 0 saturated carbocycles. The summed E-state index contributed by atoms with van der Waals surface area (Å²) >= 11 is 0. The number of aromatic nitrogens is 3. The number of carbonyl (C=O) groups is 1. The molecule has 4 rings (SSSR count). The molecule has 0 bridgehead atoms. The number of furan rings is 2. The van der Waals surface area contributed by atoms with E-state index in [-0.39, 0.29) is 40.3 Å². The molecule has 0 aliphatic rings. The standard InChI is InChI=1S/C19H17N5O5/c1-23-16-14(18(26)24(2)19(23)27)12(11-6-4-8-29-11)13(15(20)22-16)17(25)21-9-10-5-3-7-28-10/h3-8H,9H2,1-2H3,(H2,20,22)(H,21,25). The molecule has 0 atom stereocenters. The van der Waals surface area contributed by atoms with Gasteiger partial charge in [0.25, 0.3) is 11.5 Å². The lowest BCUT2D eigenvalue weighted by Crippen LogP contribution is -2.38. The third-order valence-corrected chi connectivity index (χ3v) is 4.61. The fourth-order valence-corrected chi connectivity index (χ4v) is 3.17. The molecule has 0 saturated heterocycles. The predicted molar refractivity (Wildman–Crippen MR) is 104 cm³/mol. The van der Waals surface area contributed by atoms with Gasteiger partial charge in [-0.25, -0.2) is 9.78 Å². The first-order chi connectivity index (χ1) is 13.9. The van der Waals surface area contributed by atoms with Crippen molar-refractivity contribution in [3.05, 3.63) is 69.0 Å². The summed E-state index contributed by atoms with van der Waals surface area (Å²) in [5.41, 5.74) is 5.13. The summed E-state index contributed by atoms with van der Waals surface area (Å²) in [6, 6.07) is 6.63. The zero-order valence-electron chi connectivity index (χ0n) is 15.6. The Labute approximate surface area is 163 Å². The smallest absolute Gasteiger partial charge is 0.332 e. The number of rotatable bonds is 4. The molecule has 3 N–H and O–H groups in total. The lowest BCUT2D eigenvalue weighted by molar-refractivity contribution is 0.0949. The third kappa shape index (κ3) is 2.90. The van der Waals surface area contributed by atoms with Crippen LogP contribution in [0.25, 0.3) is 22.4 Å². The summed E-state index contributed by atoms with van der Waals surface area (Å²) in [6.45, 7) is 0.117. The Kier molecular flexibility index (Phi) is 4.30. The number of nitrogens with zero attached hydrogens (tertiary/aromatic N) is 3. The molecule has 10 nitrogen and oxygen atoms in total. The first-order valence-electron chi connectivity index (χ1n) is 8.63. The van der Waals surface area contributed by atoms with E-state index in [0.717, 1.165) is 4.57 Å². The van der Waals surface area contributed by atoms with Gasteiger partial charge < -0.3 is 19.9 Å². The van der Waals surface area contributed by atoms with Crippen molar-refractivity contribution < 1.29 is 13.6 Å². The first kappa shape index (κ1) is 18.3. The van der Waals surface area contributed by atoms with Gasteiger partial charge in [-0.1, -0.05) is 0 Å². The van der Waals surface area contributed by atoms with Gasteiger partial charge in [-0.15, -0.1) is 0 Å². The molecule has 4 aromatic heterocycles. The second-order valence-corrected chi connectivity index (χ2v) is 6.39. The second kappa shape index (κ2) is 6.82. The van der Waals surface area contributed by atoms with Crippen molar-refractivity contribution in [3.63, 3.8) is 0 Å². The maximum absolute atomic E-state index is 13.0. The van der Waals surface area contributed by atoms with Crippen LogP contribution in [0, 0.1) is 0 Å². The van der Waals surface area contributed by atoms with Gasteiger partial charge in [-0.05, 0) is 24.3 Å². The van der Waals surface area contributed by atoms with Gasteiger partial charge in [0, 0.05) is 14.1 Å². The molecule has 148 valence electrons. The number of aryl methyl sites for hydroxylation is 1. The number of nitrogens with two attached hydrogens (primary N) is 1. The van der Waals surface area contributed by atoms with Crippen LogP contribution in [0.5, 0.6) is 0 Å². The van der Waals surface area contributed by atoms with E-state index in [1.54, 1.807) is 24.3 Å². The molecule has 10 heteroatoms. The minimum Gasteiger partial charge on any atom is -0.467 e. The maximum atomic E-state index is 13.0. The number of hydrogen-bond acceptors (Lipinski definition) is 7. The molecule has 0 aromatic carbocycles. The number of carbonyl (C=O) groups excluding carboxylic acids is 1. The molecule has 0 radical (unpaired) electrons. The summed E-state index contributed by atoms with van der Waals surface area (Å²) in [4.78, 5) is 42.4. The van der Waals surface area contributed by atoms with Gasteiger partial charge >= 0.3 is 5.69 Å². The number of nitrogens with one attached hydrogen (secondary N) is 1. The Morgan fingerprint density at radius 2 is 1.86 bits per heavy atom. The minimum absolute atomic E-state index is 0.0187. The van der Waals surface area contributed by atoms with Crippen molar-refractivity contribution in [2.24, 2.45) is 14.1 Å². The van der Waals surface area contributed by atoms with Gasteiger partial charge in [0.2, 0.25) is 0 Å². The average Bonchev–Trinajstić information content (AvgIpc) is 3.42. The molecule has 4 heterocycles. The average molecular weight is 395 g/mol. The van der Waals surface area contributed by atoms with Crippen LogP contribution in [-0.4, -0.2) is 20.0 Å². The topological polar surface area (TPSA) is 138 Å². The van der Waals surface area contributed by atoms with E-state index in [9.17, 15) is 14.4 Å². The summed E-state index contributed by atoms with van der Waals surface area (Å²) < 4.78 is 12.8. The van der Waals surface area contributed by atoms with Crippen molar-refractivity contribution in [2.45, 2.75) is 6.54 Å². The van der Waals surface area contributed by atoms with Gasteiger partial charge in [0.05, 0.1) is 35.6 Å². The molecule has 4 aromatic rings. The van der Waals surface area contributed by atoms with E-state index in [0.29, 0.717) is 5.76 Å². The van der Waals surface area contributed by atoms with Crippen molar-refractivity contribution >= 4 is 22.8 Å². The van der Waals surface area contributed by atoms with E-state index < -0.39 is 17.2 Å². The van der Waals surface area contributed by atoms with Crippen LogP contribution < -0.4 is 22.3 Å². The van der Waals surface area contributed by atoms with Crippen LogP contribution >= 0.6 is 0 Å². The van der Waals surface area contributed by atoms with Crippen LogP contribution in [-0.2, 0) is 20.6 Å². The van der Waals surface area contributed by atoms with E-state index in [2.05, 4.69) is 10.3 Å². The first-order valence-corrected chi connectivity index (χ1v) is 8.63. The largest absolute Gasteiger partial charge is 0.467 e. The van der Waals surface area contributed by atoms with E-state index >= 15 is 0 Å². The zero-order valence-corrected chi connectivity index (χ0v) is 15.6. The summed E-state index contributed by atoms with van der Waals surface area (Å²) in [5.74, 6) is 0.103. The van der Waals surface area contributed by atoms with Gasteiger partial charge in [-0.2, -0.15) is 0 Å². The normalized spacial score (nSPS) is 11.1. The second-order valence-electron chi connectivity index (χ2n) is 6.39. The lowest BCUT2D eigenvalue weighted by atomic mass is 10.0. The van der Waals surface area contributed by atoms with Crippen LogP contribution in [0.15, 0.2) is 55.2 Å². The minimum atomic E-state index is -0.609. The Balaban J connectivity index is 2.00. The maximum Gasteiger partial charge on any atom is 0.332 e. The predicted octanol–water partition coefficient (Wildman–Crippen LogP) is 0.997. The van der Waals surface area contributed by atoms with E-state index in [4.69, 9.17) is 14.6 Å². The van der Waals surface area contributed by atoms with Crippen LogP contribution in [0.1, 0.15) is 16.1 Å². The Morgan fingerprint density at radius 1 is 1.14 bits per heavy atom. The third-order valence-electron chi connectivity index (χ3n) is 4.61. The van der Waals surface area contributed by atoms with Gasteiger partial charge in [-0.3, -0.25) is 18.7 Å². The highest BCUT2D eigenvalue weighted by molar-refractivity contribution is 6.10. The number of fused-ring (bicyclic) bond motifs is 1. The Bertz CT molecular complexity index is 1330. The lowest BCUT2D eigenvalue weighted by Gasteiger charge is -2.15. The molecule has 0 aliphatic heterocycles. The zero-order chi connectivity index (χ0) is 20.7. The summed E-state index contributed by atoms with van der Waals surface area (Å²) in [6.07, 6.45) is 2.90. The highest BCUT2D eigenvalue weighted by atomic mass is 16.3. The SMILES string of the molecule is Cn1c(=O)c2c(-c3ccco3)c(C(=O)NCc3ccco3)c(N)nc2n(C)c1=O. The van der Waals surface area contributed by atoms with Crippen molar-refractivity contribution in [2.75, 3.05) is 5.73 Å². The fourth-order valence-electron chi connectivity index (χ4n) is 3.17. The summed E-state index contributed by atoms with van der Waals surface area (Å²) in [7, 11) is 2.82. The molecular weight excluding hydrogens is 378 g/mol. The Morgan fingerprint density at radius 3 is 2.52 bits per heavy atom. The number of nitrogen functional groups attached to an aromatic ring is 1. The summed E-state index contributed by atoms with van der Waals surface area (Å²) in [5, 5.41) is 2.75. The number of hydrogen-bond donors (Lipinski definition) is 2. The highest BCUT2D eigenvalue weighted by Gasteiger charge is 2.26. The molecule has 29 heavy (non-hydrogen) atoms. The van der Waals surface area contributed by atoms with E-state index in [1.807, 2.05) is 0 Å². The van der Waals surface area contributed by atoms with Gasteiger partial charge in [0.15, 0.2) is 5.65 Å². The van der Waals surface area contributed by atoms with Gasteiger partial charge in [0.1, 0.15) is 17.3 Å². The monoisotopic (exact) mass is 395 g/mol. The molecule has 0 spiro atoms. The number of amides is 1. The molecule has 0 aliphatic carbocycles.